The fraction of sp³-hybridized carbons (Fsp3) is 0.385. The van der Waals surface area contributed by atoms with Gasteiger partial charge in [-0.2, -0.15) is 0 Å². The molecule has 2 heterocycles. The minimum absolute atomic E-state index is 0.344. The Kier molecular flexibility index (Phi) is 3.81. The standard InChI is InChI=1S/C13H16N2O2S/c1-3-4-7-17-13(16)11-10(14)9-8(2)5-6-15-12(9)18-11/h5-6H,3-4,7,14H2,1-2H3. The topological polar surface area (TPSA) is 65.2 Å². The van der Waals surface area contributed by atoms with Gasteiger partial charge in [-0.15, -0.1) is 11.3 Å². The van der Waals surface area contributed by atoms with Crippen LogP contribution in [-0.2, 0) is 4.74 Å². The highest BCUT2D eigenvalue weighted by Gasteiger charge is 2.19. The number of rotatable bonds is 4. The first-order valence-electron chi connectivity index (χ1n) is 5.95. The van der Waals surface area contributed by atoms with Crippen molar-refractivity contribution in [3.8, 4) is 0 Å². The van der Waals surface area contributed by atoms with Gasteiger partial charge < -0.3 is 10.5 Å². The number of pyridine rings is 1. The number of carbonyl (C=O) groups excluding carboxylic acids is 1. The maximum absolute atomic E-state index is 11.9. The Hall–Kier alpha value is -1.62. The molecular formula is C13H16N2O2S. The number of unbranched alkanes of at least 4 members (excludes halogenated alkanes) is 1. The first-order valence-corrected chi connectivity index (χ1v) is 6.77. The number of thiophene rings is 1. The smallest absolute Gasteiger partial charge is 0.350 e. The summed E-state index contributed by atoms with van der Waals surface area (Å²) < 4.78 is 5.18. The number of esters is 1. The lowest BCUT2D eigenvalue weighted by Crippen LogP contribution is -2.06. The van der Waals surface area contributed by atoms with Gasteiger partial charge in [0.15, 0.2) is 0 Å². The van der Waals surface area contributed by atoms with Crippen LogP contribution in [0.2, 0.25) is 0 Å². The summed E-state index contributed by atoms with van der Waals surface area (Å²) in [7, 11) is 0. The Labute approximate surface area is 110 Å². The van der Waals surface area contributed by atoms with Crippen molar-refractivity contribution in [2.24, 2.45) is 0 Å². The van der Waals surface area contributed by atoms with Gasteiger partial charge in [0.1, 0.15) is 9.71 Å². The summed E-state index contributed by atoms with van der Waals surface area (Å²) >= 11 is 1.29. The molecule has 2 aromatic heterocycles. The maximum atomic E-state index is 11.9. The lowest BCUT2D eigenvalue weighted by atomic mass is 10.2. The molecule has 2 rings (SSSR count). The number of anilines is 1. The van der Waals surface area contributed by atoms with Crippen LogP contribution in [0.1, 0.15) is 35.0 Å². The normalized spacial score (nSPS) is 10.8. The summed E-state index contributed by atoms with van der Waals surface area (Å²) in [4.78, 5) is 17.4. The Morgan fingerprint density at radius 1 is 1.56 bits per heavy atom. The second kappa shape index (κ2) is 5.35. The predicted octanol–water partition coefficient (Wildman–Crippen LogP) is 3.14. The quantitative estimate of drug-likeness (QED) is 0.680. The number of hydrogen-bond acceptors (Lipinski definition) is 5. The van der Waals surface area contributed by atoms with Gasteiger partial charge in [-0.1, -0.05) is 13.3 Å². The number of nitrogens with zero attached hydrogens (tertiary/aromatic N) is 1. The summed E-state index contributed by atoms with van der Waals surface area (Å²) in [6.45, 7) is 4.45. The third kappa shape index (κ3) is 2.31. The average molecular weight is 264 g/mol. The molecule has 0 aromatic carbocycles. The Morgan fingerprint density at radius 2 is 2.33 bits per heavy atom. The van der Waals surface area contributed by atoms with E-state index in [-0.39, 0.29) is 5.97 Å². The highest BCUT2D eigenvalue weighted by molar-refractivity contribution is 7.21. The maximum Gasteiger partial charge on any atom is 0.350 e. The zero-order chi connectivity index (χ0) is 13.1. The molecular weight excluding hydrogens is 248 g/mol. The van der Waals surface area contributed by atoms with Crippen molar-refractivity contribution in [3.05, 3.63) is 22.7 Å². The molecule has 2 N–H and O–H groups in total. The van der Waals surface area contributed by atoms with Gasteiger partial charge in [-0.25, -0.2) is 9.78 Å². The second-order valence-electron chi connectivity index (χ2n) is 4.14. The lowest BCUT2D eigenvalue weighted by molar-refractivity contribution is 0.0506. The number of carbonyl (C=O) groups is 1. The van der Waals surface area contributed by atoms with Crippen LogP contribution in [0.4, 0.5) is 5.69 Å². The van der Waals surface area contributed by atoms with Crippen molar-refractivity contribution in [1.82, 2.24) is 4.98 Å². The summed E-state index contributed by atoms with van der Waals surface area (Å²) in [6.07, 6.45) is 3.59. The van der Waals surface area contributed by atoms with Crippen LogP contribution in [0.15, 0.2) is 12.3 Å². The van der Waals surface area contributed by atoms with Gasteiger partial charge in [0, 0.05) is 11.6 Å². The van der Waals surface area contributed by atoms with E-state index in [0.717, 1.165) is 28.6 Å². The molecule has 0 aliphatic rings. The molecule has 5 heteroatoms. The molecule has 0 saturated heterocycles. The van der Waals surface area contributed by atoms with Crippen molar-refractivity contribution >= 4 is 33.2 Å². The van der Waals surface area contributed by atoms with Crippen LogP contribution in [0.3, 0.4) is 0 Å². The molecule has 0 spiro atoms. The summed E-state index contributed by atoms with van der Waals surface area (Å²) in [5, 5.41) is 0.866. The molecule has 4 nitrogen and oxygen atoms in total. The van der Waals surface area contributed by atoms with Crippen LogP contribution in [0.5, 0.6) is 0 Å². The Bertz CT molecular complexity index is 578. The molecule has 0 aliphatic heterocycles. The van der Waals surface area contributed by atoms with Crippen molar-refractivity contribution < 1.29 is 9.53 Å². The molecule has 2 aromatic rings. The second-order valence-corrected chi connectivity index (χ2v) is 5.14. The van der Waals surface area contributed by atoms with E-state index < -0.39 is 0 Å². The molecule has 0 saturated carbocycles. The SMILES string of the molecule is CCCCOC(=O)c1sc2nccc(C)c2c1N. The largest absolute Gasteiger partial charge is 0.461 e. The Balaban J connectivity index is 2.31. The van der Waals surface area contributed by atoms with Gasteiger partial charge in [0.05, 0.1) is 12.3 Å². The van der Waals surface area contributed by atoms with Crippen molar-refractivity contribution in [2.75, 3.05) is 12.3 Å². The predicted molar refractivity (Wildman–Crippen MR) is 74.0 cm³/mol. The summed E-state index contributed by atoms with van der Waals surface area (Å²) in [6, 6.07) is 1.89. The van der Waals surface area contributed by atoms with Crippen LogP contribution in [0, 0.1) is 6.92 Å². The van der Waals surface area contributed by atoms with Crippen LogP contribution in [0.25, 0.3) is 10.2 Å². The first-order chi connectivity index (χ1) is 8.65. The Morgan fingerprint density at radius 3 is 3.00 bits per heavy atom. The van der Waals surface area contributed by atoms with E-state index in [0.29, 0.717) is 17.2 Å². The molecule has 18 heavy (non-hydrogen) atoms. The van der Waals surface area contributed by atoms with Gasteiger partial charge in [-0.3, -0.25) is 0 Å². The van der Waals surface area contributed by atoms with Crippen molar-refractivity contribution in [2.45, 2.75) is 26.7 Å². The van der Waals surface area contributed by atoms with E-state index in [1.165, 1.54) is 11.3 Å². The van der Waals surface area contributed by atoms with Gasteiger partial charge in [0.25, 0.3) is 0 Å². The molecule has 0 aliphatic carbocycles. The number of nitrogen functional groups attached to an aromatic ring is 1. The molecule has 96 valence electrons. The van der Waals surface area contributed by atoms with Crippen LogP contribution < -0.4 is 5.73 Å². The van der Waals surface area contributed by atoms with Crippen LogP contribution >= 0.6 is 11.3 Å². The molecule has 0 atom stereocenters. The van der Waals surface area contributed by atoms with Crippen molar-refractivity contribution in [1.29, 1.82) is 0 Å². The number of hydrogen-bond donors (Lipinski definition) is 1. The number of aryl methyl sites for hydroxylation is 1. The zero-order valence-corrected chi connectivity index (χ0v) is 11.3. The molecule has 0 bridgehead atoms. The average Bonchev–Trinajstić information content (AvgIpc) is 2.68. The van der Waals surface area contributed by atoms with Gasteiger partial charge >= 0.3 is 5.97 Å². The molecule has 0 unspecified atom stereocenters. The van der Waals surface area contributed by atoms with E-state index in [4.69, 9.17) is 10.5 Å². The van der Waals surface area contributed by atoms with Crippen molar-refractivity contribution in [3.63, 3.8) is 0 Å². The van der Waals surface area contributed by atoms with E-state index in [1.54, 1.807) is 6.20 Å². The third-order valence-electron chi connectivity index (χ3n) is 2.75. The minimum Gasteiger partial charge on any atom is -0.461 e. The zero-order valence-electron chi connectivity index (χ0n) is 10.5. The highest BCUT2D eigenvalue weighted by atomic mass is 32.1. The van der Waals surface area contributed by atoms with Crippen LogP contribution in [-0.4, -0.2) is 17.6 Å². The fourth-order valence-corrected chi connectivity index (χ4v) is 2.76. The third-order valence-corrected chi connectivity index (χ3v) is 3.85. The minimum atomic E-state index is -0.344. The monoisotopic (exact) mass is 264 g/mol. The summed E-state index contributed by atoms with van der Waals surface area (Å²) in [5.41, 5.74) is 7.53. The molecule has 0 amide bonds. The van der Waals surface area contributed by atoms with E-state index in [9.17, 15) is 4.79 Å². The summed E-state index contributed by atoms with van der Waals surface area (Å²) in [5.74, 6) is -0.344. The van der Waals surface area contributed by atoms with Gasteiger partial charge in [-0.05, 0) is 25.0 Å². The highest BCUT2D eigenvalue weighted by Crippen LogP contribution is 2.34. The first kappa shape index (κ1) is 12.8. The van der Waals surface area contributed by atoms with E-state index in [2.05, 4.69) is 11.9 Å². The van der Waals surface area contributed by atoms with E-state index >= 15 is 0 Å². The number of ether oxygens (including phenoxy) is 1. The van der Waals surface area contributed by atoms with E-state index in [1.807, 2.05) is 13.0 Å². The lowest BCUT2D eigenvalue weighted by Gasteiger charge is -2.02. The molecule has 0 fully saturated rings. The van der Waals surface area contributed by atoms with Gasteiger partial charge in [0.2, 0.25) is 0 Å². The number of nitrogens with two attached hydrogens (primary N) is 1. The number of aromatic nitrogens is 1. The molecule has 0 radical (unpaired) electrons. The number of fused-ring (bicyclic) bond motifs is 1. The fourth-order valence-electron chi connectivity index (χ4n) is 1.73.